The number of nitrogens with zero attached hydrogens (tertiary/aromatic N) is 5. The van der Waals surface area contributed by atoms with Crippen LogP contribution in [-0.4, -0.2) is 45.8 Å². The van der Waals surface area contributed by atoms with Crippen LogP contribution in [0.3, 0.4) is 0 Å². The minimum absolute atomic E-state index is 0.0130. The quantitative estimate of drug-likeness (QED) is 0.453. The van der Waals surface area contributed by atoms with Gasteiger partial charge in [0, 0.05) is 41.8 Å². The first-order chi connectivity index (χ1) is 15.2. The molecule has 2 aromatic heterocycles. The van der Waals surface area contributed by atoms with E-state index in [1.807, 2.05) is 39.9 Å². The third kappa shape index (κ3) is 4.35. The van der Waals surface area contributed by atoms with Crippen LogP contribution in [0.5, 0.6) is 0 Å². The first kappa shape index (κ1) is 19.5. The van der Waals surface area contributed by atoms with Crippen LogP contribution in [0.1, 0.15) is 31.2 Å². The largest absolute Gasteiger partial charge is 0.354 e. The predicted molar refractivity (Wildman–Crippen MR) is 118 cm³/mol. The fourth-order valence-corrected chi connectivity index (χ4v) is 3.89. The van der Waals surface area contributed by atoms with Crippen LogP contribution in [0.25, 0.3) is 10.9 Å². The molecule has 8 nitrogen and oxygen atoms in total. The molecule has 3 aromatic rings. The summed E-state index contributed by atoms with van der Waals surface area (Å²) in [6.45, 7) is 1.85. The number of hydrazone groups is 1. The monoisotopic (exact) mass is 421 g/mol. The van der Waals surface area contributed by atoms with Crippen molar-refractivity contribution in [1.82, 2.24) is 19.9 Å². The number of carbonyl (C=O) groups is 1. The van der Waals surface area contributed by atoms with Gasteiger partial charge in [-0.2, -0.15) is 10.1 Å². The van der Waals surface area contributed by atoms with Crippen LogP contribution >= 0.6 is 0 Å². The molecule has 1 aliphatic heterocycles. The van der Waals surface area contributed by atoms with Crippen LogP contribution in [0.4, 0.5) is 16.2 Å². The fourth-order valence-electron chi connectivity index (χ4n) is 3.89. The van der Waals surface area contributed by atoms with Crippen molar-refractivity contribution in [3.8, 4) is 0 Å². The molecule has 1 aliphatic carbocycles. The first-order valence-electron chi connectivity index (χ1n) is 10.6. The summed E-state index contributed by atoms with van der Waals surface area (Å²) in [7, 11) is 0. The van der Waals surface area contributed by atoms with Gasteiger partial charge in [0.1, 0.15) is 6.54 Å². The highest BCUT2D eigenvalue weighted by molar-refractivity contribution is 6.00. The van der Waals surface area contributed by atoms with Crippen molar-refractivity contribution in [3.63, 3.8) is 0 Å². The average Bonchev–Trinajstić information content (AvgIpc) is 3.29. The third-order valence-corrected chi connectivity index (χ3v) is 5.58. The maximum absolute atomic E-state index is 14.1. The van der Waals surface area contributed by atoms with Crippen molar-refractivity contribution in [1.29, 1.82) is 0 Å². The number of halogens is 1. The smallest absolute Gasteiger partial charge is 0.245 e. The summed E-state index contributed by atoms with van der Waals surface area (Å²) in [5, 5.41) is 8.26. The van der Waals surface area contributed by atoms with E-state index in [2.05, 4.69) is 25.8 Å². The zero-order valence-corrected chi connectivity index (χ0v) is 17.1. The fraction of sp³-hybridized carbons (Fsp3) is 0.364. The second kappa shape index (κ2) is 8.33. The number of anilines is 2. The van der Waals surface area contributed by atoms with Crippen molar-refractivity contribution < 1.29 is 9.18 Å². The van der Waals surface area contributed by atoms with Gasteiger partial charge < -0.3 is 14.8 Å². The van der Waals surface area contributed by atoms with Gasteiger partial charge in [0.25, 0.3) is 0 Å². The summed E-state index contributed by atoms with van der Waals surface area (Å²) >= 11 is 0. The van der Waals surface area contributed by atoms with E-state index in [0.717, 1.165) is 55.2 Å². The third-order valence-electron chi connectivity index (χ3n) is 5.58. The van der Waals surface area contributed by atoms with E-state index >= 15 is 0 Å². The Bertz CT molecular complexity index is 1130. The van der Waals surface area contributed by atoms with Gasteiger partial charge in [-0.1, -0.05) is 18.2 Å². The van der Waals surface area contributed by atoms with Crippen LogP contribution in [0.2, 0.25) is 0 Å². The van der Waals surface area contributed by atoms with E-state index in [1.54, 1.807) is 6.21 Å². The Hall–Kier alpha value is -3.49. The normalized spacial score (nSPS) is 16.4. The van der Waals surface area contributed by atoms with Gasteiger partial charge in [0.2, 0.25) is 11.9 Å². The number of benzene rings is 1. The highest BCUT2D eigenvalue weighted by Crippen LogP contribution is 2.23. The molecule has 1 saturated carbocycles. The van der Waals surface area contributed by atoms with Gasteiger partial charge in [-0.25, -0.2) is 14.8 Å². The Morgan fingerprint density at radius 3 is 2.87 bits per heavy atom. The number of amides is 1. The van der Waals surface area contributed by atoms with Crippen LogP contribution in [-0.2, 0) is 11.3 Å². The van der Waals surface area contributed by atoms with E-state index < -0.39 is 5.82 Å². The second-order valence-electron chi connectivity index (χ2n) is 8.00. The summed E-state index contributed by atoms with van der Waals surface area (Å²) in [4.78, 5) is 22.4. The molecule has 0 unspecified atom stereocenters. The summed E-state index contributed by atoms with van der Waals surface area (Å²) in [6.07, 6.45) is 8.94. The Kier molecular flexibility index (Phi) is 5.23. The Morgan fingerprint density at radius 2 is 2.06 bits per heavy atom. The lowest BCUT2D eigenvalue weighted by atomic mass is 10.2. The van der Waals surface area contributed by atoms with E-state index in [0.29, 0.717) is 11.9 Å². The molecule has 160 valence electrons. The van der Waals surface area contributed by atoms with E-state index in [9.17, 15) is 9.18 Å². The lowest BCUT2D eigenvalue weighted by Crippen LogP contribution is -2.29. The standard InChI is InChI=1S/C22H24FN7O/c23-18-12-24-22(27-21(18)29-9-3-4-10-29)28-25-11-15-13-30(14-20(31)26-16-7-8-16)19-6-2-1-5-17(15)19/h1-2,5-6,11-13,16H,3-4,7-10,14H2,(H,26,31)(H,24,27,28)/b25-11-. The number of carbonyl (C=O) groups excluding carboxylic acids is 1. The number of fused-ring (bicyclic) bond motifs is 1. The van der Waals surface area contributed by atoms with Crippen LogP contribution in [0.15, 0.2) is 41.8 Å². The van der Waals surface area contributed by atoms with E-state index in [-0.39, 0.29) is 18.4 Å². The van der Waals surface area contributed by atoms with E-state index in [4.69, 9.17) is 0 Å². The highest BCUT2D eigenvalue weighted by atomic mass is 19.1. The number of para-hydroxylation sites is 1. The molecule has 31 heavy (non-hydrogen) atoms. The van der Waals surface area contributed by atoms with Gasteiger partial charge in [-0.3, -0.25) is 4.79 Å². The van der Waals surface area contributed by atoms with Crippen molar-refractivity contribution in [3.05, 3.63) is 48.0 Å². The first-order valence-corrected chi connectivity index (χ1v) is 10.6. The molecule has 2 N–H and O–H groups in total. The summed E-state index contributed by atoms with van der Waals surface area (Å²) in [6, 6.07) is 8.21. The molecule has 1 amide bonds. The topological polar surface area (TPSA) is 87.4 Å². The molecule has 0 bridgehead atoms. The Balaban J connectivity index is 1.33. The maximum atomic E-state index is 14.1. The zero-order chi connectivity index (χ0) is 21.2. The molecule has 9 heteroatoms. The Labute approximate surface area is 179 Å². The van der Waals surface area contributed by atoms with Gasteiger partial charge in [-0.05, 0) is 31.7 Å². The molecule has 5 rings (SSSR count). The molecular formula is C22H24FN7O. The average molecular weight is 421 g/mol. The number of aromatic nitrogens is 3. The zero-order valence-electron chi connectivity index (χ0n) is 17.1. The highest BCUT2D eigenvalue weighted by Gasteiger charge is 2.23. The number of hydrogen-bond acceptors (Lipinski definition) is 6. The number of hydrogen-bond donors (Lipinski definition) is 2. The lowest BCUT2D eigenvalue weighted by molar-refractivity contribution is -0.121. The molecule has 2 fully saturated rings. The van der Waals surface area contributed by atoms with Crippen molar-refractivity contribution in [2.24, 2.45) is 5.10 Å². The predicted octanol–water partition coefficient (Wildman–Crippen LogP) is 2.90. The molecular weight excluding hydrogens is 397 g/mol. The Morgan fingerprint density at radius 1 is 1.26 bits per heavy atom. The van der Waals surface area contributed by atoms with Crippen LogP contribution < -0.4 is 15.6 Å². The minimum atomic E-state index is -0.427. The molecule has 1 aromatic carbocycles. The molecule has 0 spiro atoms. The maximum Gasteiger partial charge on any atom is 0.245 e. The molecule has 0 radical (unpaired) electrons. The minimum Gasteiger partial charge on any atom is -0.354 e. The molecule has 3 heterocycles. The lowest BCUT2D eigenvalue weighted by Gasteiger charge is -2.16. The SMILES string of the molecule is O=C(Cn1cc(/C=N\Nc2ncc(F)c(N3CCCC3)n2)c2ccccc21)NC1CC1. The summed E-state index contributed by atoms with van der Waals surface area (Å²) in [5.41, 5.74) is 4.63. The summed E-state index contributed by atoms with van der Waals surface area (Å²) in [5.74, 6) is 0.138. The van der Waals surface area contributed by atoms with Gasteiger partial charge >= 0.3 is 0 Å². The van der Waals surface area contributed by atoms with E-state index in [1.165, 1.54) is 6.20 Å². The van der Waals surface area contributed by atoms with Gasteiger partial charge in [0.15, 0.2) is 11.6 Å². The van der Waals surface area contributed by atoms with Crippen molar-refractivity contribution >= 4 is 34.8 Å². The van der Waals surface area contributed by atoms with Crippen molar-refractivity contribution in [2.75, 3.05) is 23.4 Å². The second-order valence-corrected chi connectivity index (χ2v) is 8.00. The van der Waals surface area contributed by atoms with Crippen LogP contribution in [0, 0.1) is 5.82 Å². The van der Waals surface area contributed by atoms with Gasteiger partial charge in [0.05, 0.1) is 12.4 Å². The molecule has 1 saturated heterocycles. The molecule has 0 atom stereocenters. The summed E-state index contributed by atoms with van der Waals surface area (Å²) < 4.78 is 16.0. The molecule has 2 aliphatic rings. The number of nitrogens with one attached hydrogen (secondary N) is 2. The number of rotatable bonds is 7. The van der Waals surface area contributed by atoms with Gasteiger partial charge in [-0.15, -0.1) is 0 Å². The van der Waals surface area contributed by atoms with Crippen molar-refractivity contribution in [2.45, 2.75) is 38.3 Å².